The van der Waals surface area contributed by atoms with Gasteiger partial charge in [0.05, 0.1) is 0 Å². The van der Waals surface area contributed by atoms with Crippen LogP contribution in [0, 0.1) is 0 Å². The standard InChI is InChI=1S/C11H20N2S/c1-9(2)12-6-7-13-10(3)11-5-4-8-14-11/h4-5,8-10,12-13H,6-7H2,1-3H3. The zero-order valence-corrected chi connectivity index (χ0v) is 10.0. The van der Waals surface area contributed by atoms with Crippen molar-refractivity contribution in [2.24, 2.45) is 0 Å². The minimum atomic E-state index is 0.476. The largest absolute Gasteiger partial charge is 0.313 e. The van der Waals surface area contributed by atoms with Crippen molar-refractivity contribution < 1.29 is 0 Å². The van der Waals surface area contributed by atoms with E-state index in [-0.39, 0.29) is 0 Å². The summed E-state index contributed by atoms with van der Waals surface area (Å²) in [6.07, 6.45) is 0. The van der Waals surface area contributed by atoms with Crippen LogP contribution in [0.3, 0.4) is 0 Å². The summed E-state index contributed by atoms with van der Waals surface area (Å²) in [7, 11) is 0. The molecule has 1 unspecified atom stereocenters. The third kappa shape index (κ3) is 4.22. The first-order valence-electron chi connectivity index (χ1n) is 5.20. The van der Waals surface area contributed by atoms with E-state index in [0.717, 1.165) is 13.1 Å². The lowest BCUT2D eigenvalue weighted by Crippen LogP contribution is -2.32. The van der Waals surface area contributed by atoms with E-state index >= 15 is 0 Å². The van der Waals surface area contributed by atoms with Crippen LogP contribution >= 0.6 is 11.3 Å². The summed E-state index contributed by atoms with van der Waals surface area (Å²) in [5.74, 6) is 0. The van der Waals surface area contributed by atoms with Gasteiger partial charge in [-0.25, -0.2) is 0 Å². The van der Waals surface area contributed by atoms with Gasteiger partial charge in [-0.1, -0.05) is 19.9 Å². The van der Waals surface area contributed by atoms with Crippen LogP contribution in [0.25, 0.3) is 0 Å². The number of hydrogen-bond acceptors (Lipinski definition) is 3. The number of nitrogens with one attached hydrogen (secondary N) is 2. The second kappa shape index (κ2) is 6.17. The van der Waals surface area contributed by atoms with Crippen molar-refractivity contribution >= 4 is 11.3 Å². The molecule has 2 N–H and O–H groups in total. The molecule has 2 nitrogen and oxygen atoms in total. The molecule has 0 aliphatic rings. The Balaban J connectivity index is 2.13. The van der Waals surface area contributed by atoms with E-state index < -0.39 is 0 Å². The molecule has 0 saturated carbocycles. The van der Waals surface area contributed by atoms with E-state index in [4.69, 9.17) is 0 Å². The van der Waals surface area contributed by atoms with E-state index in [1.165, 1.54) is 4.88 Å². The Kier molecular flexibility index (Phi) is 5.15. The molecule has 0 amide bonds. The van der Waals surface area contributed by atoms with Gasteiger partial charge in [-0.15, -0.1) is 11.3 Å². The summed E-state index contributed by atoms with van der Waals surface area (Å²) in [4.78, 5) is 1.41. The van der Waals surface area contributed by atoms with Gasteiger partial charge in [0.15, 0.2) is 0 Å². The molecule has 0 aromatic carbocycles. The minimum Gasteiger partial charge on any atom is -0.313 e. The molecular weight excluding hydrogens is 192 g/mol. The van der Waals surface area contributed by atoms with Crippen LogP contribution in [0.4, 0.5) is 0 Å². The second-order valence-corrected chi connectivity index (χ2v) is 4.78. The average molecular weight is 212 g/mol. The Morgan fingerprint density at radius 1 is 1.21 bits per heavy atom. The van der Waals surface area contributed by atoms with Crippen LogP contribution in [-0.4, -0.2) is 19.1 Å². The van der Waals surface area contributed by atoms with Gasteiger partial charge in [-0.2, -0.15) is 0 Å². The lowest BCUT2D eigenvalue weighted by molar-refractivity contribution is 0.521. The monoisotopic (exact) mass is 212 g/mol. The Morgan fingerprint density at radius 3 is 2.50 bits per heavy atom. The van der Waals surface area contributed by atoms with Crippen molar-refractivity contribution in [3.8, 4) is 0 Å². The highest BCUT2D eigenvalue weighted by Crippen LogP contribution is 2.17. The van der Waals surface area contributed by atoms with E-state index in [0.29, 0.717) is 12.1 Å². The number of hydrogen-bond donors (Lipinski definition) is 2. The molecule has 0 fully saturated rings. The van der Waals surface area contributed by atoms with Gasteiger partial charge in [-0.05, 0) is 18.4 Å². The fourth-order valence-electron chi connectivity index (χ4n) is 1.29. The molecule has 14 heavy (non-hydrogen) atoms. The molecule has 0 bridgehead atoms. The van der Waals surface area contributed by atoms with Gasteiger partial charge in [0.2, 0.25) is 0 Å². The minimum absolute atomic E-state index is 0.476. The Morgan fingerprint density at radius 2 is 1.93 bits per heavy atom. The molecule has 0 aliphatic heterocycles. The quantitative estimate of drug-likeness (QED) is 0.708. The molecule has 0 saturated heterocycles. The Hall–Kier alpha value is -0.380. The van der Waals surface area contributed by atoms with Crippen LogP contribution in [0.1, 0.15) is 31.7 Å². The highest BCUT2D eigenvalue weighted by molar-refractivity contribution is 7.10. The van der Waals surface area contributed by atoms with Crippen LogP contribution in [-0.2, 0) is 0 Å². The SMILES string of the molecule is CC(C)NCCNC(C)c1cccs1. The molecule has 1 aromatic heterocycles. The maximum Gasteiger partial charge on any atom is 0.0386 e. The molecule has 0 aliphatic carbocycles. The van der Waals surface area contributed by atoms with Crippen molar-refractivity contribution in [2.45, 2.75) is 32.9 Å². The summed E-state index contributed by atoms with van der Waals surface area (Å²) in [5.41, 5.74) is 0. The first-order valence-corrected chi connectivity index (χ1v) is 6.08. The molecular formula is C11H20N2S. The van der Waals surface area contributed by atoms with Crippen molar-refractivity contribution in [2.75, 3.05) is 13.1 Å². The first-order chi connectivity index (χ1) is 6.70. The smallest absolute Gasteiger partial charge is 0.0386 e. The fraction of sp³-hybridized carbons (Fsp3) is 0.636. The van der Waals surface area contributed by atoms with Crippen LogP contribution in [0.15, 0.2) is 17.5 Å². The molecule has 1 rings (SSSR count). The van der Waals surface area contributed by atoms with E-state index in [9.17, 15) is 0 Å². The third-order valence-corrected chi connectivity index (χ3v) is 3.15. The molecule has 80 valence electrons. The fourth-order valence-corrected chi connectivity index (χ4v) is 2.05. The zero-order chi connectivity index (χ0) is 10.4. The van der Waals surface area contributed by atoms with Gasteiger partial charge < -0.3 is 10.6 Å². The molecule has 0 radical (unpaired) electrons. The maximum atomic E-state index is 3.49. The summed E-state index contributed by atoms with van der Waals surface area (Å²) in [6, 6.07) is 5.33. The van der Waals surface area contributed by atoms with Crippen LogP contribution in [0.5, 0.6) is 0 Å². The molecule has 3 heteroatoms. The normalized spacial score (nSPS) is 13.4. The topological polar surface area (TPSA) is 24.1 Å². The van der Waals surface area contributed by atoms with Crippen molar-refractivity contribution in [1.82, 2.24) is 10.6 Å². The summed E-state index contributed by atoms with van der Waals surface area (Å²) >= 11 is 1.81. The third-order valence-electron chi connectivity index (χ3n) is 2.10. The maximum absolute atomic E-state index is 3.49. The van der Waals surface area contributed by atoms with Crippen LogP contribution in [0.2, 0.25) is 0 Å². The van der Waals surface area contributed by atoms with Gasteiger partial charge in [0.25, 0.3) is 0 Å². The first kappa shape index (κ1) is 11.7. The molecule has 1 atom stereocenters. The Bertz CT molecular complexity index is 231. The lowest BCUT2D eigenvalue weighted by Gasteiger charge is -2.13. The molecule has 1 heterocycles. The zero-order valence-electron chi connectivity index (χ0n) is 9.21. The van der Waals surface area contributed by atoms with Gasteiger partial charge >= 0.3 is 0 Å². The highest BCUT2D eigenvalue weighted by atomic mass is 32.1. The van der Waals surface area contributed by atoms with Gasteiger partial charge in [0, 0.05) is 30.1 Å². The van der Waals surface area contributed by atoms with Crippen molar-refractivity contribution in [3.63, 3.8) is 0 Å². The predicted octanol–water partition coefficient (Wildman–Crippen LogP) is 2.40. The van der Waals surface area contributed by atoms with Crippen LogP contribution < -0.4 is 10.6 Å². The molecule has 0 spiro atoms. The van der Waals surface area contributed by atoms with Crippen molar-refractivity contribution in [3.05, 3.63) is 22.4 Å². The number of thiophene rings is 1. The van der Waals surface area contributed by atoms with E-state index in [1.54, 1.807) is 0 Å². The second-order valence-electron chi connectivity index (χ2n) is 3.80. The predicted molar refractivity (Wildman–Crippen MR) is 63.9 cm³/mol. The van der Waals surface area contributed by atoms with Gasteiger partial charge in [-0.3, -0.25) is 0 Å². The summed E-state index contributed by atoms with van der Waals surface area (Å²) < 4.78 is 0. The van der Waals surface area contributed by atoms with Crippen molar-refractivity contribution in [1.29, 1.82) is 0 Å². The Labute approximate surface area is 90.7 Å². The lowest BCUT2D eigenvalue weighted by atomic mass is 10.3. The van der Waals surface area contributed by atoms with Gasteiger partial charge in [0.1, 0.15) is 0 Å². The summed E-state index contributed by atoms with van der Waals surface area (Å²) in [6.45, 7) is 8.61. The summed E-state index contributed by atoms with van der Waals surface area (Å²) in [5, 5.41) is 9.00. The highest BCUT2D eigenvalue weighted by Gasteiger charge is 2.04. The number of rotatable bonds is 6. The van der Waals surface area contributed by atoms with E-state index in [1.807, 2.05) is 11.3 Å². The molecule has 1 aromatic rings. The average Bonchev–Trinajstić information content (AvgIpc) is 2.64. The van der Waals surface area contributed by atoms with E-state index in [2.05, 4.69) is 48.9 Å².